The molecule has 4 heterocycles. The summed E-state index contributed by atoms with van der Waals surface area (Å²) in [6.45, 7) is 7.07. The van der Waals surface area contributed by atoms with Crippen LogP contribution in [0.25, 0.3) is 0 Å². The fourth-order valence-electron chi connectivity index (χ4n) is 3.49. The van der Waals surface area contributed by atoms with Crippen LogP contribution >= 0.6 is 34.0 Å². The Balaban J connectivity index is 1.83. The van der Waals surface area contributed by atoms with E-state index in [-0.39, 0.29) is 22.2 Å². The molecule has 0 spiro atoms. The molecule has 3 aromatic heterocycles. The Morgan fingerprint density at radius 3 is 2.47 bits per heavy atom. The quantitative estimate of drug-likeness (QED) is 0.400. The second-order valence-electron chi connectivity index (χ2n) is 6.96. The minimum atomic E-state index is -0.864. The summed E-state index contributed by atoms with van der Waals surface area (Å²) in [6, 6.07) is 2.73. The van der Waals surface area contributed by atoms with Crippen molar-refractivity contribution in [3.05, 3.63) is 59.9 Å². The zero-order valence-corrected chi connectivity index (χ0v) is 20.1. The minimum absolute atomic E-state index is 0.0188. The molecule has 1 atom stereocenters. The van der Waals surface area contributed by atoms with Crippen LogP contribution in [0.3, 0.4) is 0 Å². The van der Waals surface area contributed by atoms with Gasteiger partial charge in [-0.05, 0) is 39.1 Å². The van der Waals surface area contributed by atoms with Crippen molar-refractivity contribution in [1.82, 2.24) is 9.97 Å². The maximum absolute atomic E-state index is 13.5. The number of Topliss-reactive ketones (excluding diaryl/α,β-unsaturated/α-hetero) is 1. The first-order valence-corrected chi connectivity index (χ1v) is 12.2. The summed E-state index contributed by atoms with van der Waals surface area (Å²) in [5.41, 5.74) is 0.937. The molecule has 0 fully saturated rings. The Morgan fingerprint density at radius 2 is 1.88 bits per heavy atom. The molecule has 1 unspecified atom stereocenters. The van der Waals surface area contributed by atoms with Crippen molar-refractivity contribution in [3.63, 3.8) is 0 Å². The van der Waals surface area contributed by atoms with Crippen LogP contribution in [0.2, 0.25) is 0 Å². The summed E-state index contributed by atoms with van der Waals surface area (Å²) in [6.07, 6.45) is 0. The lowest BCUT2D eigenvalue weighted by Gasteiger charge is -2.23. The van der Waals surface area contributed by atoms with Crippen LogP contribution in [0, 0.1) is 20.8 Å². The van der Waals surface area contributed by atoms with Crippen molar-refractivity contribution >= 4 is 56.8 Å². The van der Waals surface area contributed by atoms with Gasteiger partial charge < -0.3 is 9.84 Å². The highest BCUT2D eigenvalue weighted by atomic mass is 32.1. The molecule has 1 amide bonds. The molecule has 0 saturated carbocycles. The number of anilines is 1. The van der Waals surface area contributed by atoms with Crippen molar-refractivity contribution in [2.45, 2.75) is 33.7 Å². The molecule has 0 aliphatic carbocycles. The number of ether oxygens (including phenoxy) is 1. The molecular formula is C21H19N3O5S3. The second kappa shape index (κ2) is 8.57. The third-order valence-electron chi connectivity index (χ3n) is 4.83. The molecule has 0 saturated heterocycles. The number of aliphatic hydroxyl groups excluding tert-OH is 1. The number of hydrogen-bond donors (Lipinski definition) is 1. The van der Waals surface area contributed by atoms with Gasteiger partial charge in [-0.3, -0.25) is 14.5 Å². The maximum atomic E-state index is 13.5. The number of aliphatic hydroxyl groups is 1. The summed E-state index contributed by atoms with van der Waals surface area (Å²) in [5, 5.41) is 13.6. The number of thiazole rings is 2. The number of carbonyl (C=O) groups is 3. The fourth-order valence-corrected chi connectivity index (χ4v) is 6.17. The number of rotatable bonds is 6. The number of aromatic nitrogens is 2. The molecule has 1 N–H and O–H groups in total. The van der Waals surface area contributed by atoms with E-state index in [0.29, 0.717) is 21.1 Å². The smallest absolute Gasteiger partial charge is 0.350 e. The van der Waals surface area contributed by atoms with Crippen LogP contribution in [0.1, 0.15) is 53.6 Å². The van der Waals surface area contributed by atoms with Gasteiger partial charge in [0.25, 0.3) is 5.91 Å². The van der Waals surface area contributed by atoms with E-state index in [1.54, 1.807) is 39.8 Å². The monoisotopic (exact) mass is 489 g/mol. The molecule has 11 heteroatoms. The standard InChI is InChI=1S/C21H19N3O5S3/c1-5-29-20(28)18-10(3)23-21(32-18)24-14(12-7-6-8-30-12)13(16(26)19(24)27)15(25)17-9(2)22-11(4)31-17/h6-8,14,26H,5H2,1-4H3. The van der Waals surface area contributed by atoms with E-state index in [4.69, 9.17) is 4.74 Å². The molecule has 3 aromatic rings. The van der Waals surface area contributed by atoms with Gasteiger partial charge in [0.2, 0.25) is 5.78 Å². The van der Waals surface area contributed by atoms with Crippen LogP contribution in [0.5, 0.6) is 0 Å². The predicted octanol–water partition coefficient (Wildman–Crippen LogP) is 4.55. The van der Waals surface area contributed by atoms with Gasteiger partial charge in [-0.25, -0.2) is 14.8 Å². The van der Waals surface area contributed by atoms with Crippen molar-refractivity contribution < 1.29 is 24.2 Å². The Hall–Kier alpha value is -2.89. The first-order valence-electron chi connectivity index (χ1n) is 9.67. The number of hydrogen-bond acceptors (Lipinski definition) is 10. The van der Waals surface area contributed by atoms with Gasteiger partial charge in [-0.1, -0.05) is 17.4 Å². The van der Waals surface area contributed by atoms with Crippen LogP contribution in [-0.2, 0) is 9.53 Å². The van der Waals surface area contributed by atoms with Gasteiger partial charge in [-0.15, -0.1) is 22.7 Å². The summed E-state index contributed by atoms with van der Waals surface area (Å²) < 4.78 is 5.08. The van der Waals surface area contributed by atoms with E-state index >= 15 is 0 Å². The van der Waals surface area contributed by atoms with E-state index in [2.05, 4.69) is 9.97 Å². The summed E-state index contributed by atoms with van der Waals surface area (Å²) in [4.78, 5) is 50.2. The lowest BCUT2D eigenvalue weighted by molar-refractivity contribution is -0.117. The van der Waals surface area contributed by atoms with Gasteiger partial charge in [0, 0.05) is 4.88 Å². The van der Waals surface area contributed by atoms with E-state index < -0.39 is 29.5 Å². The average Bonchev–Trinajstić information content (AvgIpc) is 3.50. The molecule has 8 nitrogen and oxygen atoms in total. The Bertz CT molecular complexity index is 1260. The first kappa shape index (κ1) is 22.3. The number of carbonyl (C=O) groups excluding carboxylic acids is 3. The van der Waals surface area contributed by atoms with E-state index in [1.165, 1.54) is 27.6 Å². The Labute approximate surface area is 195 Å². The van der Waals surface area contributed by atoms with Gasteiger partial charge in [0.1, 0.15) is 10.9 Å². The van der Waals surface area contributed by atoms with Gasteiger partial charge in [0.05, 0.1) is 33.5 Å². The molecular weight excluding hydrogens is 470 g/mol. The number of esters is 1. The molecule has 32 heavy (non-hydrogen) atoms. The molecule has 0 radical (unpaired) electrons. The van der Waals surface area contributed by atoms with Gasteiger partial charge >= 0.3 is 5.97 Å². The van der Waals surface area contributed by atoms with Crippen LogP contribution in [0.4, 0.5) is 5.13 Å². The van der Waals surface area contributed by atoms with Gasteiger partial charge in [0.15, 0.2) is 10.9 Å². The molecule has 4 rings (SSSR count). The lowest BCUT2D eigenvalue weighted by Crippen LogP contribution is -2.30. The number of amides is 1. The highest BCUT2D eigenvalue weighted by Gasteiger charge is 2.47. The van der Waals surface area contributed by atoms with Crippen LogP contribution < -0.4 is 4.90 Å². The zero-order chi connectivity index (χ0) is 23.2. The summed E-state index contributed by atoms with van der Waals surface area (Å²) in [7, 11) is 0. The number of nitrogens with zero attached hydrogens (tertiary/aromatic N) is 3. The minimum Gasteiger partial charge on any atom is -0.503 e. The molecule has 0 aromatic carbocycles. The predicted molar refractivity (Wildman–Crippen MR) is 123 cm³/mol. The third-order valence-corrected chi connectivity index (χ3v) is 7.96. The van der Waals surface area contributed by atoms with E-state index in [1.807, 2.05) is 5.38 Å². The summed E-state index contributed by atoms with van der Waals surface area (Å²) in [5.74, 6) is -2.34. The van der Waals surface area contributed by atoms with Crippen molar-refractivity contribution in [1.29, 1.82) is 0 Å². The number of ketones is 1. The highest BCUT2D eigenvalue weighted by Crippen LogP contribution is 2.45. The van der Waals surface area contributed by atoms with E-state index in [0.717, 1.165) is 16.3 Å². The maximum Gasteiger partial charge on any atom is 0.350 e. The average molecular weight is 490 g/mol. The van der Waals surface area contributed by atoms with Crippen molar-refractivity contribution in [2.24, 2.45) is 0 Å². The largest absolute Gasteiger partial charge is 0.503 e. The van der Waals surface area contributed by atoms with Crippen LogP contribution in [0.15, 0.2) is 28.8 Å². The fraction of sp³-hybridized carbons (Fsp3) is 0.286. The second-order valence-corrected chi connectivity index (χ2v) is 10.1. The van der Waals surface area contributed by atoms with Crippen LogP contribution in [-0.4, -0.2) is 39.3 Å². The Kier molecular flexibility index (Phi) is 5.97. The molecule has 166 valence electrons. The molecule has 0 bridgehead atoms. The normalized spacial score (nSPS) is 16.2. The topological polar surface area (TPSA) is 110 Å². The lowest BCUT2D eigenvalue weighted by atomic mass is 10.0. The van der Waals surface area contributed by atoms with Crippen molar-refractivity contribution in [3.8, 4) is 0 Å². The molecule has 1 aliphatic rings. The van der Waals surface area contributed by atoms with E-state index in [9.17, 15) is 19.5 Å². The first-order chi connectivity index (χ1) is 15.2. The SMILES string of the molecule is CCOC(=O)c1sc(N2C(=O)C(O)=C(C(=O)c3sc(C)nc3C)C2c2cccs2)nc1C. The highest BCUT2D eigenvalue weighted by molar-refractivity contribution is 7.18. The van der Waals surface area contributed by atoms with Gasteiger partial charge in [-0.2, -0.15) is 0 Å². The third kappa shape index (κ3) is 3.65. The van der Waals surface area contributed by atoms with Crippen molar-refractivity contribution in [2.75, 3.05) is 11.5 Å². The number of aryl methyl sites for hydroxylation is 3. The number of thiophene rings is 1. The molecule has 1 aliphatic heterocycles. The zero-order valence-electron chi connectivity index (χ0n) is 17.7. The summed E-state index contributed by atoms with van der Waals surface area (Å²) >= 11 is 3.57. The Morgan fingerprint density at radius 1 is 1.16 bits per heavy atom.